The maximum Gasteiger partial charge on any atom is 0.416 e. The average Bonchev–Trinajstić information content (AvgIpc) is 3.00. The van der Waals surface area contributed by atoms with E-state index in [-0.39, 0.29) is 22.8 Å². The van der Waals surface area contributed by atoms with Crippen molar-refractivity contribution in [1.82, 2.24) is 0 Å². The van der Waals surface area contributed by atoms with Crippen molar-refractivity contribution in [3.63, 3.8) is 0 Å². The Labute approximate surface area is 207 Å². The Bertz CT molecular complexity index is 1530. The standard InChI is InChI=1S/C27H19BrF3NO3/c1-26(2)20-12-22(34)18-9-14(27(29,30)31)5-8-17(18)23(20)19-10-15(11-21(28)24(19)26)32-25(35)13-3-6-16(33)7-4-13/h3-12,33-34H,1-2H3,(H,32,35). The molecular weight excluding hydrogens is 523 g/mol. The van der Waals surface area contributed by atoms with Crippen LogP contribution < -0.4 is 5.32 Å². The summed E-state index contributed by atoms with van der Waals surface area (Å²) in [5.74, 6) is -0.549. The Kier molecular flexibility index (Phi) is 5.14. The minimum atomic E-state index is -4.54. The minimum absolute atomic E-state index is 0.0458. The molecule has 0 spiro atoms. The summed E-state index contributed by atoms with van der Waals surface area (Å²) >= 11 is 3.61. The van der Waals surface area contributed by atoms with Crippen molar-refractivity contribution in [2.24, 2.45) is 0 Å². The monoisotopic (exact) mass is 541 g/mol. The van der Waals surface area contributed by atoms with Crippen molar-refractivity contribution in [2.75, 3.05) is 5.32 Å². The summed E-state index contributed by atoms with van der Waals surface area (Å²) in [4.78, 5) is 12.8. The van der Waals surface area contributed by atoms with Crippen LogP contribution >= 0.6 is 15.9 Å². The number of phenols is 2. The van der Waals surface area contributed by atoms with E-state index in [1.54, 1.807) is 12.1 Å². The highest BCUT2D eigenvalue weighted by Crippen LogP contribution is 2.56. The molecule has 178 valence electrons. The zero-order valence-corrected chi connectivity index (χ0v) is 20.2. The van der Waals surface area contributed by atoms with Gasteiger partial charge in [0.15, 0.2) is 0 Å². The summed E-state index contributed by atoms with van der Waals surface area (Å²) in [5, 5.41) is 23.6. The van der Waals surface area contributed by atoms with E-state index in [1.807, 2.05) is 13.8 Å². The van der Waals surface area contributed by atoms with Crippen molar-refractivity contribution in [2.45, 2.75) is 25.4 Å². The fourth-order valence-corrected chi connectivity index (χ4v) is 5.78. The number of alkyl halides is 3. The number of carbonyl (C=O) groups is 1. The largest absolute Gasteiger partial charge is 0.508 e. The quantitative estimate of drug-likeness (QED) is 0.245. The normalized spacial score (nSPS) is 14.0. The smallest absolute Gasteiger partial charge is 0.416 e. The van der Waals surface area contributed by atoms with Gasteiger partial charge in [0, 0.05) is 26.5 Å². The van der Waals surface area contributed by atoms with E-state index in [4.69, 9.17) is 0 Å². The highest BCUT2D eigenvalue weighted by molar-refractivity contribution is 9.10. The molecule has 1 amide bonds. The van der Waals surface area contributed by atoms with Crippen LogP contribution in [0.4, 0.5) is 18.9 Å². The number of rotatable bonds is 2. The van der Waals surface area contributed by atoms with E-state index in [1.165, 1.54) is 36.4 Å². The van der Waals surface area contributed by atoms with Gasteiger partial charge in [0.2, 0.25) is 0 Å². The van der Waals surface area contributed by atoms with E-state index in [0.29, 0.717) is 22.2 Å². The maximum absolute atomic E-state index is 13.3. The van der Waals surface area contributed by atoms with Gasteiger partial charge in [-0.2, -0.15) is 13.2 Å². The van der Waals surface area contributed by atoms with Crippen molar-refractivity contribution < 1.29 is 28.2 Å². The first-order chi connectivity index (χ1) is 16.4. The SMILES string of the molecule is CC1(C)c2cc(O)c3cc(C(F)(F)F)ccc3c2-c2cc(NC(=O)c3ccc(O)cc3)cc(Br)c21. The van der Waals surface area contributed by atoms with Crippen LogP contribution in [0.5, 0.6) is 11.5 Å². The van der Waals surface area contributed by atoms with Gasteiger partial charge >= 0.3 is 6.18 Å². The first-order valence-corrected chi connectivity index (χ1v) is 11.5. The van der Waals surface area contributed by atoms with Gasteiger partial charge in [-0.1, -0.05) is 35.8 Å². The van der Waals surface area contributed by atoms with Crippen LogP contribution in [-0.2, 0) is 11.6 Å². The number of hydrogen-bond donors (Lipinski definition) is 3. The van der Waals surface area contributed by atoms with Gasteiger partial charge in [0.25, 0.3) is 5.91 Å². The van der Waals surface area contributed by atoms with Gasteiger partial charge in [-0.3, -0.25) is 4.79 Å². The molecule has 1 aliphatic carbocycles. The summed E-state index contributed by atoms with van der Waals surface area (Å²) in [6.45, 7) is 3.96. The third kappa shape index (κ3) is 3.72. The number of aromatic hydroxyl groups is 2. The molecule has 0 atom stereocenters. The summed E-state index contributed by atoms with van der Waals surface area (Å²) in [6.07, 6.45) is -4.54. The lowest BCUT2D eigenvalue weighted by Gasteiger charge is -2.23. The van der Waals surface area contributed by atoms with Crippen LogP contribution in [0.25, 0.3) is 21.9 Å². The summed E-state index contributed by atoms with van der Waals surface area (Å²) in [5.41, 5.74) is 2.60. The van der Waals surface area contributed by atoms with Crippen LogP contribution in [0.2, 0.25) is 0 Å². The molecule has 0 saturated heterocycles. The zero-order chi connectivity index (χ0) is 25.3. The number of amides is 1. The molecule has 3 N–H and O–H groups in total. The predicted octanol–water partition coefficient (Wildman–Crippen LogP) is 7.59. The second-order valence-electron chi connectivity index (χ2n) is 9.08. The van der Waals surface area contributed by atoms with E-state index in [9.17, 15) is 28.2 Å². The molecule has 0 fully saturated rings. The molecule has 8 heteroatoms. The third-order valence-corrected chi connectivity index (χ3v) is 7.11. The van der Waals surface area contributed by atoms with Crippen LogP contribution in [-0.4, -0.2) is 16.1 Å². The topological polar surface area (TPSA) is 69.6 Å². The summed E-state index contributed by atoms with van der Waals surface area (Å²) in [6, 6.07) is 14.3. The lowest BCUT2D eigenvalue weighted by Crippen LogP contribution is -2.16. The Morgan fingerprint density at radius 2 is 1.63 bits per heavy atom. The fraction of sp³-hybridized carbons (Fsp3) is 0.148. The molecule has 0 aromatic heterocycles. The van der Waals surface area contributed by atoms with Crippen molar-refractivity contribution in [3.05, 3.63) is 87.4 Å². The van der Waals surface area contributed by atoms with Gasteiger partial charge in [0.1, 0.15) is 11.5 Å². The van der Waals surface area contributed by atoms with Crippen molar-refractivity contribution in [1.29, 1.82) is 0 Å². The first-order valence-electron chi connectivity index (χ1n) is 10.7. The average molecular weight is 542 g/mol. The van der Waals surface area contributed by atoms with Gasteiger partial charge in [0.05, 0.1) is 5.56 Å². The molecule has 0 bridgehead atoms. The molecule has 0 unspecified atom stereocenters. The van der Waals surface area contributed by atoms with Gasteiger partial charge in [-0.25, -0.2) is 0 Å². The van der Waals surface area contributed by atoms with Gasteiger partial charge in [-0.05, 0) is 82.2 Å². The van der Waals surface area contributed by atoms with Gasteiger partial charge in [-0.15, -0.1) is 0 Å². The molecule has 5 rings (SSSR count). The number of anilines is 1. The molecule has 4 aromatic rings. The minimum Gasteiger partial charge on any atom is -0.508 e. The summed E-state index contributed by atoms with van der Waals surface area (Å²) in [7, 11) is 0. The van der Waals surface area contributed by atoms with E-state index < -0.39 is 17.2 Å². The Morgan fingerprint density at radius 1 is 0.943 bits per heavy atom. The molecule has 35 heavy (non-hydrogen) atoms. The predicted molar refractivity (Wildman–Crippen MR) is 132 cm³/mol. The molecule has 0 radical (unpaired) electrons. The molecule has 4 nitrogen and oxygen atoms in total. The summed E-state index contributed by atoms with van der Waals surface area (Å²) < 4.78 is 40.7. The highest BCUT2D eigenvalue weighted by Gasteiger charge is 2.40. The number of fused-ring (bicyclic) bond motifs is 5. The number of carbonyl (C=O) groups excluding carboxylic acids is 1. The maximum atomic E-state index is 13.3. The number of nitrogens with one attached hydrogen (secondary N) is 1. The fourth-order valence-electron chi connectivity index (χ4n) is 4.83. The number of hydrogen-bond acceptors (Lipinski definition) is 3. The third-order valence-electron chi connectivity index (χ3n) is 6.49. The van der Waals surface area contributed by atoms with Crippen LogP contribution in [0, 0.1) is 0 Å². The molecular formula is C27H19BrF3NO3. The second kappa shape index (κ2) is 7.75. The van der Waals surface area contributed by atoms with E-state index in [2.05, 4.69) is 21.2 Å². The molecule has 1 aliphatic rings. The number of benzene rings is 4. The molecule has 0 aliphatic heterocycles. The molecule has 4 aromatic carbocycles. The number of phenolic OH excluding ortho intramolecular Hbond substituents is 2. The van der Waals surface area contributed by atoms with E-state index >= 15 is 0 Å². The molecule has 0 saturated carbocycles. The Balaban J connectivity index is 1.68. The molecule has 0 heterocycles. The Morgan fingerprint density at radius 3 is 2.29 bits per heavy atom. The zero-order valence-electron chi connectivity index (χ0n) is 18.6. The highest BCUT2D eigenvalue weighted by atomic mass is 79.9. The Hall–Kier alpha value is -3.52. The van der Waals surface area contributed by atoms with Gasteiger partial charge < -0.3 is 15.5 Å². The van der Waals surface area contributed by atoms with Crippen LogP contribution in [0.3, 0.4) is 0 Å². The second-order valence-corrected chi connectivity index (χ2v) is 9.94. The van der Waals surface area contributed by atoms with Crippen LogP contribution in [0.1, 0.15) is 40.9 Å². The lowest BCUT2D eigenvalue weighted by molar-refractivity contribution is -0.137. The van der Waals surface area contributed by atoms with Crippen molar-refractivity contribution in [3.8, 4) is 22.6 Å². The van der Waals surface area contributed by atoms with Crippen LogP contribution in [0.15, 0.2) is 65.1 Å². The van der Waals surface area contributed by atoms with Crippen molar-refractivity contribution >= 4 is 38.3 Å². The lowest BCUT2D eigenvalue weighted by atomic mass is 9.81. The first kappa shape index (κ1) is 23.2. The van der Waals surface area contributed by atoms with E-state index in [0.717, 1.165) is 33.3 Å². The number of halogens is 4.